The summed E-state index contributed by atoms with van der Waals surface area (Å²) in [6, 6.07) is 11.7. The first-order valence-electron chi connectivity index (χ1n) is 8.08. The van der Waals surface area contributed by atoms with E-state index in [9.17, 15) is 18.4 Å². The zero-order valence-electron chi connectivity index (χ0n) is 14.4. The molecule has 0 aliphatic heterocycles. The standard InChI is InChI=1S/C19H19F2NO4/c1-3-17(26-14-7-5-4-6-8-14)19(24)25-12(2)18(23)22-13-9-10-15(20)16(21)11-13/h4-12,17H,3H2,1-2H3,(H,22,23)/t12-,17+/m0/s1. The van der Waals surface area contributed by atoms with Crippen molar-refractivity contribution in [1.82, 2.24) is 0 Å². The molecular weight excluding hydrogens is 344 g/mol. The molecule has 0 fully saturated rings. The topological polar surface area (TPSA) is 64.6 Å². The van der Waals surface area contributed by atoms with Crippen LogP contribution in [0, 0.1) is 11.6 Å². The largest absolute Gasteiger partial charge is 0.479 e. The average Bonchev–Trinajstić information content (AvgIpc) is 2.63. The lowest BCUT2D eigenvalue weighted by Gasteiger charge is -2.19. The van der Waals surface area contributed by atoms with Crippen LogP contribution in [0.5, 0.6) is 5.75 Å². The number of benzene rings is 2. The monoisotopic (exact) mass is 363 g/mol. The fourth-order valence-corrected chi connectivity index (χ4v) is 2.08. The normalized spacial score (nSPS) is 12.8. The van der Waals surface area contributed by atoms with Crippen LogP contribution in [0.15, 0.2) is 48.5 Å². The van der Waals surface area contributed by atoms with Crippen LogP contribution in [-0.2, 0) is 14.3 Å². The molecule has 2 aromatic rings. The van der Waals surface area contributed by atoms with Gasteiger partial charge in [-0.15, -0.1) is 0 Å². The van der Waals surface area contributed by atoms with Crippen molar-refractivity contribution in [2.75, 3.05) is 5.32 Å². The van der Waals surface area contributed by atoms with E-state index < -0.39 is 35.7 Å². The number of halogens is 2. The number of para-hydroxylation sites is 1. The van der Waals surface area contributed by atoms with Crippen LogP contribution < -0.4 is 10.1 Å². The highest BCUT2D eigenvalue weighted by atomic mass is 19.2. The van der Waals surface area contributed by atoms with Crippen LogP contribution in [0.3, 0.4) is 0 Å². The Labute approximate surface area is 149 Å². The number of carbonyl (C=O) groups is 2. The van der Waals surface area contributed by atoms with E-state index in [0.717, 1.165) is 12.1 Å². The van der Waals surface area contributed by atoms with Gasteiger partial charge in [0.25, 0.3) is 5.91 Å². The molecule has 0 saturated carbocycles. The minimum Gasteiger partial charge on any atom is -0.479 e. The Bertz CT molecular complexity index is 767. The Kier molecular flexibility index (Phi) is 6.66. The number of hydrogen-bond donors (Lipinski definition) is 1. The second-order valence-corrected chi connectivity index (χ2v) is 5.53. The van der Waals surface area contributed by atoms with E-state index in [2.05, 4.69) is 5.32 Å². The third-order valence-corrected chi connectivity index (χ3v) is 3.50. The highest BCUT2D eigenvalue weighted by Crippen LogP contribution is 2.16. The van der Waals surface area contributed by atoms with E-state index >= 15 is 0 Å². The maximum atomic E-state index is 13.2. The maximum absolute atomic E-state index is 13.2. The Morgan fingerprint density at radius 1 is 1.08 bits per heavy atom. The summed E-state index contributed by atoms with van der Waals surface area (Å²) >= 11 is 0. The van der Waals surface area contributed by atoms with Gasteiger partial charge in [0.15, 0.2) is 23.8 Å². The molecule has 2 aromatic carbocycles. The minimum absolute atomic E-state index is 0.0596. The van der Waals surface area contributed by atoms with Gasteiger partial charge >= 0.3 is 5.97 Å². The summed E-state index contributed by atoms with van der Waals surface area (Å²) in [5, 5.41) is 2.36. The van der Waals surface area contributed by atoms with E-state index in [1.54, 1.807) is 31.2 Å². The van der Waals surface area contributed by atoms with Gasteiger partial charge in [-0.25, -0.2) is 13.6 Å². The molecule has 2 rings (SSSR count). The Morgan fingerprint density at radius 2 is 1.77 bits per heavy atom. The second kappa shape index (κ2) is 8.94. The van der Waals surface area contributed by atoms with Gasteiger partial charge in [0, 0.05) is 11.8 Å². The fourth-order valence-electron chi connectivity index (χ4n) is 2.08. The molecule has 7 heteroatoms. The summed E-state index contributed by atoms with van der Waals surface area (Å²) in [6.45, 7) is 3.13. The van der Waals surface area contributed by atoms with Crippen molar-refractivity contribution in [3.63, 3.8) is 0 Å². The first kappa shape index (κ1) is 19.4. The van der Waals surface area contributed by atoms with E-state index in [1.165, 1.54) is 13.0 Å². The molecule has 2 atom stereocenters. The third kappa shape index (κ3) is 5.27. The lowest BCUT2D eigenvalue weighted by atomic mass is 10.2. The Morgan fingerprint density at radius 3 is 2.38 bits per heavy atom. The molecule has 0 aliphatic rings. The first-order valence-corrected chi connectivity index (χ1v) is 8.08. The number of nitrogens with one attached hydrogen (secondary N) is 1. The summed E-state index contributed by atoms with van der Waals surface area (Å²) in [5.41, 5.74) is 0.0596. The number of carbonyl (C=O) groups excluding carboxylic acids is 2. The van der Waals surface area contributed by atoms with Gasteiger partial charge in [0.1, 0.15) is 5.75 Å². The third-order valence-electron chi connectivity index (χ3n) is 3.50. The highest BCUT2D eigenvalue weighted by Gasteiger charge is 2.25. The zero-order chi connectivity index (χ0) is 19.1. The second-order valence-electron chi connectivity index (χ2n) is 5.53. The van der Waals surface area contributed by atoms with Gasteiger partial charge in [-0.2, -0.15) is 0 Å². The van der Waals surface area contributed by atoms with Gasteiger partial charge in [0.2, 0.25) is 0 Å². The Balaban J connectivity index is 1.93. The molecule has 0 aromatic heterocycles. The molecule has 0 heterocycles. The summed E-state index contributed by atoms with van der Waals surface area (Å²) in [6.07, 6.45) is -1.65. The molecule has 26 heavy (non-hydrogen) atoms. The van der Waals surface area contributed by atoms with Gasteiger partial charge < -0.3 is 14.8 Å². The van der Waals surface area contributed by atoms with Crippen LogP contribution in [0.2, 0.25) is 0 Å². The summed E-state index contributed by atoms with van der Waals surface area (Å²) in [4.78, 5) is 24.3. The van der Waals surface area contributed by atoms with Crippen LogP contribution in [0.25, 0.3) is 0 Å². The molecule has 0 aliphatic carbocycles. The lowest BCUT2D eigenvalue weighted by Crippen LogP contribution is -2.36. The van der Waals surface area contributed by atoms with Gasteiger partial charge in [-0.1, -0.05) is 25.1 Å². The molecule has 5 nitrogen and oxygen atoms in total. The summed E-state index contributed by atoms with van der Waals surface area (Å²) in [5.74, 6) is -2.96. The number of rotatable bonds is 7. The summed E-state index contributed by atoms with van der Waals surface area (Å²) in [7, 11) is 0. The van der Waals surface area contributed by atoms with Crippen molar-refractivity contribution in [2.24, 2.45) is 0 Å². The smallest absolute Gasteiger partial charge is 0.348 e. The van der Waals surface area contributed by atoms with Crippen molar-refractivity contribution in [1.29, 1.82) is 0 Å². The van der Waals surface area contributed by atoms with E-state index in [1.807, 2.05) is 6.07 Å². The first-order chi connectivity index (χ1) is 12.4. The molecule has 0 unspecified atom stereocenters. The van der Waals surface area contributed by atoms with Crippen molar-refractivity contribution in [2.45, 2.75) is 32.5 Å². The minimum atomic E-state index is -1.14. The predicted molar refractivity (Wildman–Crippen MR) is 91.7 cm³/mol. The number of amides is 1. The van der Waals surface area contributed by atoms with Gasteiger partial charge in [0.05, 0.1) is 0 Å². The van der Waals surface area contributed by atoms with E-state index in [-0.39, 0.29) is 5.69 Å². The van der Waals surface area contributed by atoms with Crippen LogP contribution in [-0.4, -0.2) is 24.1 Å². The number of esters is 1. The Hall–Kier alpha value is -2.96. The average molecular weight is 363 g/mol. The van der Waals surface area contributed by atoms with Crippen molar-refractivity contribution in [3.05, 3.63) is 60.2 Å². The fraction of sp³-hybridized carbons (Fsp3) is 0.263. The quantitative estimate of drug-likeness (QED) is 0.762. The van der Waals surface area contributed by atoms with Gasteiger partial charge in [-0.05, 0) is 37.6 Å². The predicted octanol–water partition coefficient (Wildman–Crippen LogP) is 3.69. The van der Waals surface area contributed by atoms with E-state index in [0.29, 0.717) is 12.2 Å². The van der Waals surface area contributed by atoms with E-state index in [4.69, 9.17) is 9.47 Å². The van der Waals surface area contributed by atoms with Crippen molar-refractivity contribution in [3.8, 4) is 5.75 Å². The lowest BCUT2D eigenvalue weighted by molar-refractivity contribution is -0.160. The van der Waals surface area contributed by atoms with Crippen molar-refractivity contribution < 1.29 is 27.8 Å². The maximum Gasteiger partial charge on any atom is 0.348 e. The molecule has 1 amide bonds. The molecular formula is C19H19F2NO4. The SMILES string of the molecule is CC[C@@H](Oc1ccccc1)C(=O)O[C@@H](C)C(=O)Nc1ccc(F)c(F)c1. The molecule has 1 N–H and O–H groups in total. The van der Waals surface area contributed by atoms with Gasteiger partial charge in [-0.3, -0.25) is 4.79 Å². The molecule has 138 valence electrons. The summed E-state index contributed by atoms with van der Waals surface area (Å²) < 4.78 is 36.7. The highest BCUT2D eigenvalue weighted by molar-refractivity contribution is 5.95. The molecule has 0 bridgehead atoms. The number of hydrogen-bond acceptors (Lipinski definition) is 4. The number of anilines is 1. The molecule has 0 saturated heterocycles. The molecule has 0 radical (unpaired) electrons. The van der Waals surface area contributed by atoms with Crippen LogP contribution in [0.4, 0.5) is 14.5 Å². The molecule has 0 spiro atoms. The van der Waals surface area contributed by atoms with Crippen molar-refractivity contribution >= 4 is 17.6 Å². The van der Waals surface area contributed by atoms with Crippen LogP contribution in [0.1, 0.15) is 20.3 Å². The zero-order valence-corrected chi connectivity index (χ0v) is 14.4. The number of ether oxygens (including phenoxy) is 2. The van der Waals surface area contributed by atoms with Crippen LogP contribution >= 0.6 is 0 Å².